The summed E-state index contributed by atoms with van der Waals surface area (Å²) in [6.45, 7) is 17.3. The molecule has 0 spiro atoms. The van der Waals surface area contributed by atoms with Gasteiger partial charge in [0.05, 0.1) is 43.8 Å². The van der Waals surface area contributed by atoms with E-state index < -0.39 is 137 Å². The summed E-state index contributed by atoms with van der Waals surface area (Å²) >= 11 is 0. The van der Waals surface area contributed by atoms with Crippen LogP contribution in [0.1, 0.15) is 106 Å². The standard InChI is InChI=1S/C43H60O17/c1-12-22(3)35(49)39(51)59-37-36(56-21-44)34(24(5)43(52)31(58-26(7)46)16-28(42(37,43)10)27-14-15-54-19-27)41(9)29(17-32(47)53-11)40(8,20-55-38(50)23(4)13-2)60-33(48)18-30(41)57-25(6)45/h14-15,19,21-23,28-31,34-37,49,52H,5,12-13,16-18,20H2,1-4,6-11H3/t22-,23+,28-,29+,30-,31+,34+,35+,36+,37-,40+,41+,42+,43+/m0/s1. The number of rotatable bonds is 16. The molecule has 4 rings (SSSR count). The van der Waals surface area contributed by atoms with Crippen LogP contribution in [-0.4, -0.2) is 108 Å². The molecule has 0 unspecified atom stereocenters. The first kappa shape index (κ1) is 47.9. The maximum Gasteiger partial charge on any atom is 0.335 e. The van der Waals surface area contributed by atoms with E-state index in [1.807, 2.05) is 0 Å². The predicted octanol–water partition coefficient (Wildman–Crippen LogP) is 3.89. The Morgan fingerprint density at radius 1 is 1.00 bits per heavy atom. The van der Waals surface area contributed by atoms with E-state index in [-0.39, 0.29) is 18.5 Å². The summed E-state index contributed by atoms with van der Waals surface area (Å²) in [5.74, 6) is -10.3. The minimum atomic E-state index is -2.42. The summed E-state index contributed by atoms with van der Waals surface area (Å²) in [6.07, 6.45) is -6.00. The van der Waals surface area contributed by atoms with Gasteiger partial charge >= 0.3 is 35.8 Å². The third-order valence-corrected chi connectivity index (χ3v) is 13.7. The van der Waals surface area contributed by atoms with Crippen molar-refractivity contribution in [2.45, 2.75) is 142 Å². The van der Waals surface area contributed by atoms with Gasteiger partial charge < -0.3 is 47.8 Å². The molecule has 0 radical (unpaired) electrons. The van der Waals surface area contributed by atoms with Crippen LogP contribution in [-0.2, 0) is 66.7 Å². The fourth-order valence-corrected chi connectivity index (χ4v) is 9.99. The smallest absolute Gasteiger partial charge is 0.335 e. The normalized spacial score (nSPS) is 35.3. The fraction of sp³-hybridized carbons (Fsp3) is 0.698. The van der Waals surface area contributed by atoms with E-state index in [2.05, 4.69) is 6.58 Å². The van der Waals surface area contributed by atoms with Crippen LogP contribution in [0.15, 0.2) is 35.2 Å². The van der Waals surface area contributed by atoms with Crippen molar-refractivity contribution in [3.05, 3.63) is 36.3 Å². The van der Waals surface area contributed by atoms with Gasteiger partial charge in [-0.05, 0) is 42.9 Å². The number of methoxy groups -OCH3 is 1. The number of furan rings is 1. The van der Waals surface area contributed by atoms with E-state index in [9.17, 15) is 43.8 Å². The van der Waals surface area contributed by atoms with Crippen molar-refractivity contribution in [2.24, 2.45) is 34.5 Å². The third-order valence-electron chi connectivity index (χ3n) is 13.7. The van der Waals surface area contributed by atoms with Gasteiger partial charge in [-0.1, -0.05) is 54.5 Å². The lowest BCUT2D eigenvalue weighted by Gasteiger charge is -2.62. The highest BCUT2D eigenvalue weighted by Gasteiger charge is 2.78. The number of fused-ring (bicyclic) bond motifs is 1. The zero-order valence-corrected chi connectivity index (χ0v) is 36.1. The summed E-state index contributed by atoms with van der Waals surface area (Å²) in [5.41, 5.74) is -7.82. The molecule has 1 aliphatic heterocycles. The number of hydrogen-bond acceptors (Lipinski definition) is 17. The van der Waals surface area contributed by atoms with E-state index in [0.717, 1.165) is 21.0 Å². The van der Waals surface area contributed by atoms with Gasteiger partial charge in [-0.15, -0.1) is 0 Å². The molecule has 17 nitrogen and oxygen atoms in total. The second-order valence-corrected chi connectivity index (χ2v) is 17.1. The van der Waals surface area contributed by atoms with Gasteiger partial charge in [0.25, 0.3) is 6.47 Å². The molecule has 334 valence electrons. The highest BCUT2D eigenvalue weighted by Crippen LogP contribution is 2.69. The fourth-order valence-electron chi connectivity index (χ4n) is 9.99. The minimum Gasteiger partial charge on any atom is -0.472 e. The van der Waals surface area contributed by atoms with Crippen LogP contribution in [0, 0.1) is 34.5 Å². The summed E-state index contributed by atoms with van der Waals surface area (Å²) in [6, 6.07) is 1.61. The average Bonchev–Trinajstić information content (AvgIpc) is 3.79. The Bertz CT molecular complexity index is 1790. The van der Waals surface area contributed by atoms with Crippen LogP contribution >= 0.6 is 0 Å². The molecule has 1 saturated heterocycles. The summed E-state index contributed by atoms with van der Waals surface area (Å²) in [7, 11) is 1.12. The third kappa shape index (κ3) is 8.43. The van der Waals surface area contributed by atoms with E-state index in [4.69, 9.17) is 37.6 Å². The average molecular weight is 849 g/mol. The Hall–Kier alpha value is -4.77. The van der Waals surface area contributed by atoms with Gasteiger partial charge in [0.15, 0.2) is 6.10 Å². The molecule has 14 atom stereocenters. The molecule has 2 heterocycles. The molecule has 2 N–H and O–H groups in total. The highest BCUT2D eigenvalue weighted by atomic mass is 16.6. The molecular formula is C43H60O17. The SMILES string of the molecule is C=C1[C@@H]([C@@]2(C)[C@@H](OC(C)=O)CC(=O)O[C@](C)(COC(=O)[C@H](C)CC)[C@H]2CC(=O)OC)[C@@H](OC=O)[C@H](OC(=O)[C@H](O)[C@@H](C)CC)[C@@]2(C)[C@H](c3ccoc3)C[C@@H](OC(C)=O)[C@]12O. The lowest BCUT2D eigenvalue weighted by atomic mass is 9.46. The van der Waals surface area contributed by atoms with Crippen LogP contribution in [0.25, 0.3) is 0 Å². The molecule has 3 aliphatic rings. The van der Waals surface area contributed by atoms with Gasteiger partial charge in [-0.2, -0.15) is 0 Å². The van der Waals surface area contributed by atoms with Crippen molar-refractivity contribution in [3.63, 3.8) is 0 Å². The molecule has 2 aliphatic carbocycles. The molecule has 3 fully saturated rings. The number of carbonyl (C=O) groups is 7. The largest absolute Gasteiger partial charge is 0.472 e. The second kappa shape index (κ2) is 18.5. The molecule has 0 bridgehead atoms. The number of ether oxygens (including phenoxy) is 7. The molecule has 60 heavy (non-hydrogen) atoms. The minimum absolute atomic E-state index is 0.0843. The van der Waals surface area contributed by atoms with Gasteiger partial charge in [0, 0.05) is 37.0 Å². The molecule has 2 saturated carbocycles. The summed E-state index contributed by atoms with van der Waals surface area (Å²) < 4.78 is 46.4. The predicted molar refractivity (Wildman–Crippen MR) is 207 cm³/mol. The van der Waals surface area contributed by atoms with E-state index in [0.29, 0.717) is 18.4 Å². The quantitative estimate of drug-likeness (QED) is 0.104. The van der Waals surface area contributed by atoms with Gasteiger partial charge in [0.2, 0.25) is 0 Å². The van der Waals surface area contributed by atoms with Crippen LogP contribution in [0.2, 0.25) is 0 Å². The number of esters is 6. The Morgan fingerprint density at radius 3 is 2.17 bits per heavy atom. The topological polar surface area (TPSA) is 238 Å². The summed E-state index contributed by atoms with van der Waals surface area (Å²) in [4.78, 5) is 93.4. The summed E-state index contributed by atoms with van der Waals surface area (Å²) in [5, 5.41) is 24.8. The number of carbonyl (C=O) groups excluding carboxylic acids is 7. The highest BCUT2D eigenvalue weighted by molar-refractivity contribution is 5.76. The maximum atomic E-state index is 14.1. The number of aliphatic hydroxyl groups is 2. The van der Waals surface area contributed by atoms with Crippen LogP contribution < -0.4 is 0 Å². The number of aliphatic hydroxyl groups excluding tert-OH is 1. The second-order valence-electron chi connectivity index (χ2n) is 17.1. The van der Waals surface area contributed by atoms with E-state index >= 15 is 0 Å². The van der Waals surface area contributed by atoms with Gasteiger partial charge in [0.1, 0.15) is 42.2 Å². The Morgan fingerprint density at radius 2 is 1.63 bits per heavy atom. The van der Waals surface area contributed by atoms with Crippen molar-refractivity contribution in [1.82, 2.24) is 0 Å². The lowest BCUT2D eigenvalue weighted by Crippen LogP contribution is -2.72. The Labute approximate surface area is 349 Å². The molecule has 17 heteroatoms. The molecule has 0 aromatic carbocycles. The first-order valence-corrected chi connectivity index (χ1v) is 20.2. The lowest BCUT2D eigenvalue weighted by molar-refractivity contribution is -0.251. The van der Waals surface area contributed by atoms with E-state index in [1.165, 1.54) is 26.4 Å². The zero-order chi connectivity index (χ0) is 45.1. The van der Waals surface area contributed by atoms with Crippen molar-refractivity contribution >= 4 is 42.3 Å². The van der Waals surface area contributed by atoms with Gasteiger partial charge in [-0.25, -0.2) is 4.79 Å². The van der Waals surface area contributed by atoms with Crippen LogP contribution in [0.3, 0.4) is 0 Å². The monoisotopic (exact) mass is 848 g/mol. The number of cyclic esters (lactones) is 1. The van der Waals surface area contributed by atoms with Crippen LogP contribution in [0.5, 0.6) is 0 Å². The van der Waals surface area contributed by atoms with Crippen molar-refractivity contribution in [3.8, 4) is 0 Å². The molecule has 1 aromatic heterocycles. The number of hydrogen-bond donors (Lipinski definition) is 2. The van der Waals surface area contributed by atoms with Crippen LogP contribution in [0.4, 0.5) is 0 Å². The molecule has 1 aromatic rings. The first-order valence-electron chi connectivity index (χ1n) is 20.2. The van der Waals surface area contributed by atoms with Crippen molar-refractivity contribution in [1.29, 1.82) is 0 Å². The maximum absolute atomic E-state index is 14.1. The first-order chi connectivity index (χ1) is 28.0. The Balaban J connectivity index is 2.16. The van der Waals surface area contributed by atoms with E-state index in [1.54, 1.807) is 40.7 Å². The van der Waals surface area contributed by atoms with Crippen molar-refractivity contribution < 1.29 is 81.4 Å². The molecular weight excluding hydrogens is 788 g/mol. The van der Waals surface area contributed by atoms with Gasteiger partial charge in [-0.3, -0.25) is 28.8 Å². The molecule has 0 amide bonds. The zero-order valence-electron chi connectivity index (χ0n) is 36.1. The Kier molecular flexibility index (Phi) is 14.7. The van der Waals surface area contributed by atoms with Crippen molar-refractivity contribution in [2.75, 3.05) is 13.7 Å².